The van der Waals surface area contributed by atoms with E-state index in [1.165, 1.54) is 11.1 Å². The molecule has 3 aliphatic heterocycles. The lowest BCUT2D eigenvalue weighted by Gasteiger charge is -2.24. The van der Waals surface area contributed by atoms with Gasteiger partial charge in [-0.05, 0) is 25.1 Å². The third-order valence-electron chi connectivity index (χ3n) is 4.77. The maximum absolute atomic E-state index is 11.7. The van der Waals surface area contributed by atoms with Crippen LogP contribution in [-0.4, -0.2) is 47.3 Å². The fourth-order valence-corrected chi connectivity index (χ4v) is 3.72. The molecule has 0 N–H and O–H groups in total. The fraction of sp³-hybridized carbons (Fsp3) is 0.471. The molecule has 4 rings (SSSR count). The average Bonchev–Trinajstić information content (AvgIpc) is 3.17. The standard InChI is InChI=1S/C17H19ClN4O2/c1-21-6-5-12(9-21)24-15-4-2-3-11-8-22(10-13(11)15)14-7-19-20-17(23)16(14)18/h2-4,7,12,16H,5-6,8-10H2,1H3. The highest BCUT2D eigenvalue weighted by atomic mass is 35.5. The zero-order valence-electron chi connectivity index (χ0n) is 13.5. The molecule has 2 atom stereocenters. The molecule has 6 nitrogen and oxygen atoms in total. The van der Waals surface area contributed by atoms with Gasteiger partial charge in [0.2, 0.25) is 0 Å². The number of hydrogen-bond donors (Lipinski definition) is 0. The van der Waals surface area contributed by atoms with Crippen LogP contribution in [0.25, 0.3) is 0 Å². The van der Waals surface area contributed by atoms with Gasteiger partial charge in [0.1, 0.15) is 11.9 Å². The summed E-state index contributed by atoms with van der Waals surface area (Å²) in [5.41, 5.74) is 3.09. The van der Waals surface area contributed by atoms with Gasteiger partial charge >= 0.3 is 0 Å². The van der Waals surface area contributed by atoms with Crippen LogP contribution in [0.15, 0.2) is 40.3 Å². The molecule has 24 heavy (non-hydrogen) atoms. The number of ether oxygens (including phenoxy) is 1. The van der Waals surface area contributed by atoms with Crippen molar-refractivity contribution in [2.24, 2.45) is 10.2 Å². The van der Waals surface area contributed by atoms with Crippen molar-refractivity contribution in [3.8, 4) is 5.75 Å². The molecule has 126 valence electrons. The lowest BCUT2D eigenvalue weighted by Crippen LogP contribution is -2.28. The highest BCUT2D eigenvalue weighted by Gasteiger charge is 2.32. The number of carbonyl (C=O) groups excluding carboxylic acids is 1. The summed E-state index contributed by atoms with van der Waals surface area (Å²) >= 11 is 6.20. The Morgan fingerprint density at radius 3 is 3.00 bits per heavy atom. The van der Waals surface area contributed by atoms with Crippen LogP contribution in [0.4, 0.5) is 0 Å². The third kappa shape index (κ3) is 2.80. The number of likely N-dealkylation sites (tertiary alicyclic amines) is 1. The molecular formula is C17H19ClN4O2. The topological polar surface area (TPSA) is 57.5 Å². The SMILES string of the molecule is CN1CCC(Oc2cccc3c2CN(C2=CN=NC(=O)C2Cl)C3)C1. The summed E-state index contributed by atoms with van der Waals surface area (Å²) in [6, 6.07) is 6.15. The van der Waals surface area contributed by atoms with Gasteiger partial charge in [-0.2, -0.15) is 5.11 Å². The van der Waals surface area contributed by atoms with Crippen LogP contribution in [-0.2, 0) is 17.9 Å². The Balaban J connectivity index is 1.54. The first-order valence-corrected chi connectivity index (χ1v) is 8.55. The minimum Gasteiger partial charge on any atom is -0.489 e. The highest BCUT2D eigenvalue weighted by molar-refractivity contribution is 6.33. The second-order valence-corrected chi connectivity index (χ2v) is 6.95. The van der Waals surface area contributed by atoms with E-state index in [0.717, 1.165) is 25.3 Å². The number of fused-ring (bicyclic) bond motifs is 1. The lowest BCUT2D eigenvalue weighted by atomic mass is 10.1. The van der Waals surface area contributed by atoms with Crippen molar-refractivity contribution in [3.05, 3.63) is 41.2 Å². The summed E-state index contributed by atoms with van der Waals surface area (Å²) in [5.74, 6) is 0.529. The first-order chi connectivity index (χ1) is 11.6. The molecule has 7 heteroatoms. The van der Waals surface area contributed by atoms with E-state index >= 15 is 0 Å². The first-order valence-electron chi connectivity index (χ1n) is 8.11. The Kier molecular flexibility index (Phi) is 4.02. The third-order valence-corrected chi connectivity index (χ3v) is 5.18. The normalized spacial score (nSPS) is 26.7. The summed E-state index contributed by atoms with van der Waals surface area (Å²) in [6.07, 6.45) is 2.87. The van der Waals surface area contributed by atoms with Crippen molar-refractivity contribution < 1.29 is 9.53 Å². The Labute approximate surface area is 145 Å². The summed E-state index contributed by atoms with van der Waals surface area (Å²) in [5, 5.41) is 6.50. The molecule has 1 fully saturated rings. The number of nitrogens with zero attached hydrogens (tertiary/aromatic N) is 4. The Hall–Kier alpha value is -1.92. The van der Waals surface area contributed by atoms with E-state index in [1.54, 1.807) is 6.20 Å². The molecule has 0 aliphatic carbocycles. The number of carbonyl (C=O) groups is 1. The number of hydrogen-bond acceptors (Lipinski definition) is 5. The molecule has 2 unspecified atom stereocenters. The number of halogens is 1. The second kappa shape index (κ2) is 6.18. The van der Waals surface area contributed by atoms with Crippen LogP contribution in [0.5, 0.6) is 5.75 Å². The largest absolute Gasteiger partial charge is 0.489 e. The van der Waals surface area contributed by atoms with Crippen molar-refractivity contribution in [2.45, 2.75) is 31.0 Å². The predicted molar refractivity (Wildman–Crippen MR) is 89.8 cm³/mol. The van der Waals surface area contributed by atoms with E-state index in [0.29, 0.717) is 18.8 Å². The van der Waals surface area contributed by atoms with Gasteiger partial charge in [-0.1, -0.05) is 12.1 Å². The maximum atomic E-state index is 11.7. The molecule has 1 aromatic rings. The number of azo groups is 1. The van der Waals surface area contributed by atoms with E-state index in [1.807, 2.05) is 12.1 Å². The number of rotatable bonds is 3. The van der Waals surface area contributed by atoms with Crippen molar-refractivity contribution in [2.75, 3.05) is 20.1 Å². The van der Waals surface area contributed by atoms with Crippen molar-refractivity contribution in [1.82, 2.24) is 9.80 Å². The van der Waals surface area contributed by atoms with Gasteiger partial charge in [-0.15, -0.1) is 16.7 Å². The van der Waals surface area contributed by atoms with Crippen LogP contribution >= 0.6 is 11.6 Å². The Morgan fingerprint density at radius 2 is 2.21 bits per heavy atom. The Bertz CT molecular complexity index is 733. The molecular weight excluding hydrogens is 328 g/mol. The molecule has 1 aromatic carbocycles. The molecule has 3 heterocycles. The van der Waals surface area contributed by atoms with Crippen LogP contribution < -0.4 is 4.74 Å². The molecule has 0 bridgehead atoms. The molecule has 0 aromatic heterocycles. The van der Waals surface area contributed by atoms with Crippen LogP contribution in [0.2, 0.25) is 0 Å². The van der Waals surface area contributed by atoms with Gasteiger partial charge in [-0.3, -0.25) is 4.79 Å². The van der Waals surface area contributed by atoms with Gasteiger partial charge in [0.15, 0.2) is 5.38 Å². The van der Waals surface area contributed by atoms with Crippen molar-refractivity contribution in [1.29, 1.82) is 0 Å². The Morgan fingerprint density at radius 1 is 1.33 bits per heavy atom. The predicted octanol–water partition coefficient (Wildman–Crippen LogP) is 2.53. The molecule has 0 saturated carbocycles. The van der Waals surface area contributed by atoms with Gasteiger partial charge in [-0.25, -0.2) is 0 Å². The second-order valence-electron chi connectivity index (χ2n) is 6.51. The zero-order valence-corrected chi connectivity index (χ0v) is 14.2. The van der Waals surface area contributed by atoms with Gasteiger partial charge in [0.05, 0.1) is 11.9 Å². The molecule has 1 saturated heterocycles. The van der Waals surface area contributed by atoms with Crippen molar-refractivity contribution >= 4 is 17.5 Å². The molecule has 0 spiro atoms. The minimum absolute atomic E-state index is 0.237. The fourth-order valence-electron chi connectivity index (χ4n) is 3.48. The number of alkyl halides is 1. The van der Waals surface area contributed by atoms with Crippen LogP contribution in [0, 0.1) is 0 Å². The molecule has 3 aliphatic rings. The highest BCUT2D eigenvalue weighted by Crippen LogP contribution is 2.36. The zero-order chi connectivity index (χ0) is 16.7. The number of amides is 1. The molecule has 1 amide bonds. The monoisotopic (exact) mass is 346 g/mol. The van der Waals surface area contributed by atoms with Gasteiger partial charge in [0.25, 0.3) is 5.91 Å². The summed E-state index contributed by atoms with van der Waals surface area (Å²) < 4.78 is 6.24. The number of benzene rings is 1. The molecule has 0 radical (unpaired) electrons. The van der Waals surface area contributed by atoms with E-state index in [4.69, 9.17) is 16.3 Å². The van der Waals surface area contributed by atoms with Gasteiger partial charge < -0.3 is 14.5 Å². The van der Waals surface area contributed by atoms with E-state index in [9.17, 15) is 4.79 Å². The van der Waals surface area contributed by atoms with E-state index in [-0.39, 0.29) is 6.10 Å². The summed E-state index contributed by atoms with van der Waals surface area (Å²) in [7, 11) is 2.11. The lowest BCUT2D eigenvalue weighted by molar-refractivity contribution is -0.117. The summed E-state index contributed by atoms with van der Waals surface area (Å²) in [4.78, 5) is 16.0. The average molecular weight is 347 g/mol. The van der Waals surface area contributed by atoms with Gasteiger partial charge in [0, 0.05) is 31.7 Å². The van der Waals surface area contributed by atoms with E-state index < -0.39 is 11.3 Å². The van der Waals surface area contributed by atoms with Crippen molar-refractivity contribution in [3.63, 3.8) is 0 Å². The quantitative estimate of drug-likeness (QED) is 0.789. The maximum Gasteiger partial charge on any atom is 0.288 e. The van der Waals surface area contributed by atoms with Crippen LogP contribution in [0.3, 0.4) is 0 Å². The van der Waals surface area contributed by atoms with Crippen LogP contribution in [0.1, 0.15) is 17.5 Å². The number of likely N-dealkylation sites (N-methyl/N-ethyl adjacent to an activating group) is 1. The smallest absolute Gasteiger partial charge is 0.288 e. The summed E-state index contributed by atoms with van der Waals surface area (Å²) in [6.45, 7) is 3.40. The minimum atomic E-state index is -0.760. The first kappa shape index (κ1) is 15.6. The van der Waals surface area contributed by atoms with E-state index in [2.05, 4.69) is 33.1 Å².